The molecular formula is C18H25Br2N5OSi. The summed E-state index contributed by atoms with van der Waals surface area (Å²) in [5, 5.41) is 0. The standard InChI is InChI=1S/C18H25Br2N5OSi/c1-24(2)18-22-13-6-7-21-16(15(13)23-18)14-10-12(19)17(20)25(14)11-26-8-9-27(3,4)5/h6-7,10H,8-9,11H2,1-5H3,(H,22,23). The largest absolute Gasteiger partial charge is 0.361 e. The van der Waals surface area contributed by atoms with Crippen LogP contribution in [0, 0.1) is 0 Å². The average Bonchev–Trinajstić information content (AvgIpc) is 3.13. The number of aromatic nitrogens is 4. The fourth-order valence-electron chi connectivity index (χ4n) is 2.67. The fourth-order valence-corrected chi connectivity index (χ4v) is 4.27. The minimum absolute atomic E-state index is 0.467. The number of H-pyrrole nitrogens is 1. The molecule has 0 bridgehead atoms. The van der Waals surface area contributed by atoms with Gasteiger partial charge in [0.05, 0.1) is 15.7 Å². The Hall–Kier alpha value is -1.16. The molecule has 6 nitrogen and oxygen atoms in total. The summed E-state index contributed by atoms with van der Waals surface area (Å²) in [5.41, 5.74) is 3.60. The van der Waals surface area contributed by atoms with E-state index in [0.29, 0.717) is 6.73 Å². The summed E-state index contributed by atoms with van der Waals surface area (Å²) < 4.78 is 9.98. The van der Waals surface area contributed by atoms with E-state index in [-0.39, 0.29) is 0 Å². The van der Waals surface area contributed by atoms with Crippen LogP contribution < -0.4 is 4.90 Å². The minimum atomic E-state index is -1.11. The Balaban J connectivity index is 1.95. The van der Waals surface area contributed by atoms with E-state index < -0.39 is 8.07 Å². The fraction of sp³-hybridized carbons (Fsp3) is 0.444. The molecule has 0 atom stereocenters. The predicted octanol–water partition coefficient (Wildman–Crippen LogP) is 5.33. The van der Waals surface area contributed by atoms with Crippen LogP contribution in [0.5, 0.6) is 0 Å². The van der Waals surface area contributed by atoms with Crippen molar-refractivity contribution in [3.63, 3.8) is 0 Å². The maximum Gasteiger partial charge on any atom is 0.203 e. The summed E-state index contributed by atoms with van der Waals surface area (Å²) in [6.07, 6.45) is 1.81. The molecule has 3 aromatic rings. The van der Waals surface area contributed by atoms with E-state index in [9.17, 15) is 0 Å². The molecule has 1 N–H and O–H groups in total. The first kappa shape index (κ1) is 20.6. The number of halogens is 2. The number of imidazole rings is 1. The molecular weight excluding hydrogens is 490 g/mol. The Labute approximate surface area is 177 Å². The third-order valence-electron chi connectivity index (χ3n) is 4.26. The zero-order valence-corrected chi connectivity index (χ0v) is 20.5. The van der Waals surface area contributed by atoms with E-state index in [0.717, 1.165) is 50.1 Å². The van der Waals surface area contributed by atoms with Gasteiger partial charge in [0.25, 0.3) is 0 Å². The van der Waals surface area contributed by atoms with E-state index in [1.54, 1.807) is 6.20 Å². The number of nitrogens with one attached hydrogen (secondary N) is 1. The first-order valence-electron chi connectivity index (χ1n) is 8.82. The molecule has 0 saturated carbocycles. The third-order valence-corrected chi connectivity index (χ3v) is 7.96. The smallest absolute Gasteiger partial charge is 0.203 e. The summed E-state index contributed by atoms with van der Waals surface area (Å²) in [5.74, 6) is 0.807. The van der Waals surface area contributed by atoms with Crippen LogP contribution in [-0.2, 0) is 11.5 Å². The lowest BCUT2D eigenvalue weighted by Gasteiger charge is -2.17. The van der Waals surface area contributed by atoms with Crippen LogP contribution in [0.3, 0.4) is 0 Å². The normalized spacial score (nSPS) is 12.1. The molecule has 0 aliphatic carbocycles. The minimum Gasteiger partial charge on any atom is -0.361 e. The van der Waals surface area contributed by atoms with Crippen molar-refractivity contribution in [1.29, 1.82) is 0 Å². The molecule has 3 rings (SSSR count). The maximum atomic E-state index is 5.99. The molecule has 0 spiro atoms. The molecule has 0 radical (unpaired) electrons. The van der Waals surface area contributed by atoms with Gasteiger partial charge in [0.2, 0.25) is 5.95 Å². The second-order valence-corrected chi connectivity index (χ2v) is 15.2. The highest BCUT2D eigenvalue weighted by Gasteiger charge is 2.19. The van der Waals surface area contributed by atoms with Gasteiger partial charge in [0.15, 0.2) is 0 Å². The summed E-state index contributed by atoms with van der Waals surface area (Å²) >= 11 is 7.28. The van der Waals surface area contributed by atoms with E-state index >= 15 is 0 Å². The van der Waals surface area contributed by atoms with Gasteiger partial charge in [-0.25, -0.2) is 4.98 Å². The van der Waals surface area contributed by atoms with Crippen molar-refractivity contribution in [2.24, 2.45) is 0 Å². The summed E-state index contributed by atoms with van der Waals surface area (Å²) in [7, 11) is 2.82. The Morgan fingerprint density at radius 1 is 1.26 bits per heavy atom. The molecule has 9 heteroatoms. The van der Waals surface area contributed by atoms with Gasteiger partial charge in [-0.2, -0.15) is 0 Å². The highest BCUT2D eigenvalue weighted by Crippen LogP contribution is 2.35. The van der Waals surface area contributed by atoms with Gasteiger partial charge in [-0.15, -0.1) is 0 Å². The summed E-state index contributed by atoms with van der Waals surface area (Å²) in [6.45, 7) is 8.30. The number of nitrogens with zero attached hydrogens (tertiary/aromatic N) is 4. The number of pyridine rings is 1. The first-order chi connectivity index (χ1) is 12.7. The van der Waals surface area contributed by atoms with Gasteiger partial charge in [-0.1, -0.05) is 19.6 Å². The van der Waals surface area contributed by atoms with Gasteiger partial charge in [-0.3, -0.25) is 4.98 Å². The SMILES string of the molecule is CN(C)c1nc2c(-c3cc(Br)c(Br)n3COCC[Si](C)(C)C)nccc2[nH]1. The van der Waals surface area contributed by atoms with Crippen molar-refractivity contribution in [3.05, 3.63) is 27.4 Å². The maximum absolute atomic E-state index is 5.99. The van der Waals surface area contributed by atoms with E-state index in [2.05, 4.69) is 72.1 Å². The first-order valence-corrected chi connectivity index (χ1v) is 14.1. The predicted molar refractivity (Wildman–Crippen MR) is 121 cm³/mol. The lowest BCUT2D eigenvalue weighted by atomic mass is 10.2. The number of hydrogen-bond donors (Lipinski definition) is 1. The quantitative estimate of drug-likeness (QED) is 0.342. The highest BCUT2D eigenvalue weighted by molar-refractivity contribution is 9.13. The van der Waals surface area contributed by atoms with Crippen molar-refractivity contribution in [2.75, 3.05) is 25.6 Å². The van der Waals surface area contributed by atoms with Gasteiger partial charge >= 0.3 is 0 Å². The molecule has 0 fully saturated rings. The molecule has 27 heavy (non-hydrogen) atoms. The Morgan fingerprint density at radius 2 is 2.00 bits per heavy atom. The topological polar surface area (TPSA) is 59.0 Å². The molecule has 3 heterocycles. The number of rotatable bonds is 7. The van der Waals surface area contributed by atoms with Crippen LogP contribution in [0.15, 0.2) is 27.4 Å². The van der Waals surface area contributed by atoms with Crippen molar-refractivity contribution in [2.45, 2.75) is 32.4 Å². The Morgan fingerprint density at radius 3 is 2.67 bits per heavy atom. The number of hydrogen-bond acceptors (Lipinski definition) is 4. The van der Waals surface area contributed by atoms with Gasteiger partial charge in [-0.05, 0) is 50.0 Å². The zero-order valence-electron chi connectivity index (χ0n) is 16.3. The number of aromatic amines is 1. The van der Waals surface area contributed by atoms with Crippen molar-refractivity contribution < 1.29 is 4.74 Å². The number of anilines is 1. The zero-order chi connectivity index (χ0) is 19.8. The molecule has 0 aliphatic rings. The summed E-state index contributed by atoms with van der Waals surface area (Å²) in [6, 6.07) is 5.14. The van der Waals surface area contributed by atoms with Crippen LogP contribution in [-0.4, -0.2) is 48.3 Å². The monoisotopic (exact) mass is 513 g/mol. The lowest BCUT2D eigenvalue weighted by Crippen LogP contribution is -2.22. The lowest BCUT2D eigenvalue weighted by molar-refractivity contribution is 0.0870. The molecule has 146 valence electrons. The van der Waals surface area contributed by atoms with E-state index in [4.69, 9.17) is 9.72 Å². The Bertz CT molecular complexity index is 945. The second kappa shape index (κ2) is 8.06. The summed E-state index contributed by atoms with van der Waals surface area (Å²) in [4.78, 5) is 14.6. The Kier molecular flexibility index (Phi) is 6.14. The van der Waals surface area contributed by atoms with Gasteiger partial charge in [0, 0.05) is 35.0 Å². The highest BCUT2D eigenvalue weighted by atomic mass is 79.9. The second-order valence-electron chi connectivity index (χ2n) is 7.95. The third kappa shape index (κ3) is 4.64. The van der Waals surface area contributed by atoms with Crippen molar-refractivity contribution in [3.8, 4) is 11.4 Å². The number of fused-ring (bicyclic) bond motifs is 1. The molecule has 0 aliphatic heterocycles. The average molecular weight is 515 g/mol. The van der Waals surface area contributed by atoms with E-state index in [1.807, 2.05) is 25.1 Å². The molecule has 3 aromatic heterocycles. The molecule has 0 saturated heterocycles. The van der Waals surface area contributed by atoms with Crippen LogP contribution in [0.1, 0.15) is 0 Å². The van der Waals surface area contributed by atoms with Crippen LogP contribution in [0.25, 0.3) is 22.4 Å². The van der Waals surface area contributed by atoms with Gasteiger partial charge < -0.3 is 19.2 Å². The van der Waals surface area contributed by atoms with Crippen LogP contribution in [0.2, 0.25) is 25.7 Å². The van der Waals surface area contributed by atoms with Crippen LogP contribution >= 0.6 is 31.9 Å². The number of ether oxygens (including phenoxy) is 1. The van der Waals surface area contributed by atoms with Gasteiger partial charge in [0.1, 0.15) is 22.5 Å². The van der Waals surface area contributed by atoms with Crippen molar-refractivity contribution in [1.82, 2.24) is 19.5 Å². The van der Waals surface area contributed by atoms with Crippen molar-refractivity contribution >= 4 is 56.9 Å². The molecule has 0 amide bonds. The molecule has 0 unspecified atom stereocenters. The molecule has 0 aromatic carbocycles. The van der Waals surface area contributed by atoms with E-state index in [1.165, 1.54) is 0 Å². The van der Waals surface area contributed by atoms with Crippen LogP contribution in [0.4, 0.5) is 5.95 Å².